The molecular formula is C12H20N4O. The predicted molar refractivity (Wildman–Crippen MR) is 66.1 cm³/mol. The van der Waals surface area contributed by atoms with Crippen LogP contribution in [0.2, 0.25) is 0 Å². The molecule has 5 nitrogen and oxygen atoms in total. The van der Waals surface area contributed by atoms with Gasteiger partial charge in [-0.05, 0) is 27.7 Å². The van der Waals surface area contributed by atoms with Gasteiger partial charge >= 0.3 is 0 Å². The van der Waals surface area contributed by atoms with Crippen LogP contribution < -0.4 is 5.73 Å². The molecule has 17 heavy (non-hydrogen) atoms. The number of aromatic nitrogens is 2. The second-order valence-corrected chi connectivity index (χ2v) is 4.43. The third kappa shape index (κ3) is 3.23. The van der Waals surface area contributed by atoms with Crippen molar-refractivity contribution in [3.05, 3.63) is 24.3 Å². The van der Waals surface area contributed by atoms with Crippen LogP contribution in [0.3, 0.4) is 0 Å². The second-order valence-electron chi connectivity index (χ2n) is 4.43. The SMILES string of the molecule is CC(N)C(=O)N(C(C)C)[C@@H](C)c1cnccn1. The summed E-state index contributed by atoms with van der Waals surface area (Å²) in [5.74, 6) is -0.0712. The van der Waals surface area contributed by atoms with E-state index in [-0.39, 0.29) is 18.0 Å². The van der Waals surface area contributed by atoms with E-state index in [4.69, 9.17) is 5.73 Å². The van der Waals surface area contributed by atoms with Crippen molar-refractivity contribution in [2.75, 3.05) is 0 Å². The summed E-state index contributed by atoms with van der Waals surface area (Å²) in [5, 5.41) is 0. The Morgan fingerprint density at radius 2 is 1.94 bits per heavy atom. The van der Waals surface area contributed by atoms with Gasteiger partial charge in [-0.1, -0.05) is 0 Å². The lowest BCUT2D eigenvalue weighted by atomic mass is 10.1. The van der Waals surface area contributed by atoms with Gasteiger partial charge in [0.2, 0.25) is 5.91 Å². The molecule has 2 N–H and O–H groups in total. The number of nitrogens with zero attached hydrogens (tertiary/aromatic N) is 3. The first-order chi connectivity index (χ1) is 7.95. The number of amides is 1. The zero-order valence-corrected chi connectivity index (χ0v) is 10.8. The number of hydrogen-bond acceptors (Lipinski definition) is 4. The van der Waals surface area contributed by atoms with Gasteiger partial charge < -0.3 is 10.6 Å². The van der Waals surface area contributed by atoms with Crippen molar-refractivity contribution in [2.24, 2.45) is 5.73 Å². The molecule has 0 aliphatic rings. The van der Waals surface area contributed by atoms with Crippen LogP contribution in [0.25, 0.3) is 0 Å². The minimum Gasteiger partial charge on any atom is -0.331 e. The molecule has 5 heteroatoms. The van der Waals surface area contributed by atoms with E-state index in [1.165, 1.54) is 0 Å². The minimum absolute atomic E-state index is 0.0712. The van der Waals surface area contributed by atoms with Gasteiger partial charge in [0.15, 0.2) is 0 Å². The minimum atomic E-state index is -0.503. The number of carbonyl (C=O) groups excluding carboxylic acids is 1. The topological polar surface area (TPSA) is 72.1 Å². The molecule has 0 aromatic carbocycles. The Hall–Kier alpha value is -1.49. The molecule has 1 unspecified atom stereocenters. The third-order valence-corrected chi connectivity index (χ3v) is 2.63. The average Bonchev–Trinajstić information content (AvgIpc) is 2.29. The van der Waals surface area contributed by atoms with E-state index in [1.807, 2.05) is 20.8 Å². The molecule has 1 aromatic rings. The van der Waals surface area contributed by atoms with Crippen molar-refractivity contribution in [1.29, 1.82) is 0 Å². The van der Waals surface area contributed by atoms with Crippen LogP contribution in [0, 0.1) is 0 Å². The van der Waals surface area contributed by atoms with Gasteiger partial charge in [0.05, 0.1) is 24.0 Å². The standard InChI is InChI=1S/C12H20N4O/c1-8(2)16(12(17)9(3)13)10(4)11-7-14-5-6-15-11/h5-10H,13H2,1-4H3/t9?,10-/m0/s1. The fraction of sp³-hybridized carbons (Fsp3) is 0.583. The fourth-order valence-electron chi connectivity index (χ4n) is 1.80. The summed E-state index contributed by atoms with van der Waals surface area (Å²) in [5.41, 5.74) is 6.44. The van der Waals surface area contributed by atoms with Gasteiger partial charge in [0.25, 0.3) is 0 Å². The van der Waals surface area contributed by atoms with E-state index in [1.54, 1.807) is 30.4 Å². The quantitative estimate of drug-likeness (QED) is 0.850. The molecule has 0 saturated carbocycles. The second kappa shape index (κ2) is 5.72. The summed E-state index contributed by atoms with van der Waals surface area (Å²) in [4.78, 5) is 22.0. The highest BCUT2D eigenvalue weighted by Crippen LogP contribution is 2.20. The maximum absolute atomic E-state index is 12.1. The number of carbonyl (C=O) groups is 1. The number of rotatable bonds is 4. The van der Waals surface area contributed by atoms with Crippen LogP contribution in [0.4, 0.5) is 0 Å². The van der Waals surface area contributed by atoms with Gasteiger partial charge in [-0.3, -0.25) is 14.8 Å². The summed E-state index contributed by atoms with van der Waals surface area (Å²) >= 11 is 0. The van der Waals surface area contributed by atoms with E-state index >= 15 is 0 Å². The Bertz CT molecular complexity index is 364. The summed E-state index contributed by atoms with van der Waals surface area (Å²) < 4.78 is 0. The van der Waals surface area contributed by atoms with E-state index < -0.39 is 6.04 Å². The lowest BCUT2D eigenvalue weighted by molar-refractivity contribution is -0.136. The van der Waals surface area contributed by atoms with Gasteiger partial charge in [0.1, 0.15) is 0 Å². The zero-order chi connectivity index (χ0) is 13.0. The number of nitrogens with two attached hydrogens (primary N) is 1. The zero-order valence-electron chi connectivity index (χ0n) is 10.8. The lowest BCUT2D eigenvalue weighted by Crippen LogP contribution is -2.46. The molecule has 1 amide bonds. The highest BCUT2D eigenvalue weighted by Gasteiger charge is 2.27. The molecule has 1 aromatic heterocycles. The summed E-state index contributed by atoms with van der Waals surface area (Å²) in [7, 11) is 0. The van der Waals surface area contributed by atoms with Gasteiger partial charge in [-0.15, -0.1) is 0 Å². The summed E-state index contributed by atoms with van der Waals surface area (Å²) in [6.07, 6.45) is 4.92. The van der Waals surface area contributed by atoms with E-state index in [0.717, 1.165) is 5.69 Å². The van der Waals surface area contributed by atoms with Crippen LogP contribution in [-0.4, -0.2) is 32.9 Å². The Morgan fingerprint density at radius 1 is 1.29 bits per heavy atom. The first-order valence-corrected chi connectivity index (χ1v) is 5.78. The Labute approximate surface area is 102 Å². The first-order valence-electron chi connectivity index (χ1n) is 5.78. The molecule has 0 bridgehead atoms. The molecule has 1 rings (SSSR count). The van der Waals surface area contributed by atoms with Crippen LogP contribution in [0.5, 0.6) is 0 Å². The van der Waals surface area contributed by atoms with Crippen molar-refractivity contribution in [3.8, 4) is 0 Å². The van der Waals surface area contributed by atoms with E-state index in [2.05, 4.69) is 9.97 Å². The molecule has 94 valence electrons. The largest absolute Gasteiger partial charge is 0.331 e. The highest BCUT2D eigenvalue weighted by atomic mass is 16.2. The normalized spacial score (nSPS) is 14.5. The summed E-state index contributed by atoms with van der Waals surface area (Å²) in [6.45, 7) is 7.56. The Balaban J connectivity index is 2.96. The maximum atomic E-state index is 12.1. The Morgan fingerprint density at radius 3 is 2.35 bits per heavy atom. The van der Waals surface area contributed by atoms with Crippen LogP contribution in [0.15, 0.2) is 18.6 Å². The average molecular weight is 236 g/mol. The van der Waals surface area contributed by atoms with E-state index in [9.17, 15) is 4.79 Å². The third-order valence-electron chi connectivity index (χ3n) is 2.63. The van der Waals surface area contributed by atoms with Crippen LogP contribution in [0.1, 0.15) is 39.4 Å². The fourth-order valence-corrected chi connectivity index (χ4v) is 1.80. The van der Waals surface area contributed by atoms with Gasteiger partial charge in [0, 0.05) is 18.4 Å². The van der Waals surface area contributed by atoms with Crippen molar-refractivity contribution in [2.45, 2.75) is 45.8 Å². The molecule has 0 aliphatic heterocycles. The van der Waals surface area contributed by atoms with Crippen molar-refractivity contribution >= 4 is 5.91 Å². The van der Waals surface area contributed by atoms with Gasteiger partial charge in [-0.25, -0.2) is 0 Å². The molecule has 0 spiro atoms. The first kappa shape index (κ1) is 13.6. The number of hydrogen-bond donors (Lipinski definition) is 1. The predicted octanol–water partition coefficient (Wildman–Crippen LogP) is 1.12. The molecule has 0 radical (unpaired) electrons. The molecule has 0 aliphatic carbocycles. The van der Waals surface area contributed by atoms with Crippen LogP contribution in [-0.2, 0) is 4.79 Å². The van der Waals surface area contributed by atoms with E-state index in [0.29, 0.717) is 0 Å². The van der Waals surface area contributed by atoms with Crippen molar-refractivity contribution < 1.29 is 4.79 Å². The Kier molecular flexibility index (Phi) is 4.57. The summed E-state index contributed by atoms with van der Waals surface area (Å²) in [6, 6.07) is -0.552. The molecule has 2 atom stereocenters. The molecule has 1 heterocycles. The van der Waals surface area contributed by atoms with Crippen molar-refractivity contribution in [3.63, 3.8) is 0 Å². The highest BCUT2D eigenvalue weighted by molar-refractivity contribution is 5.81. The molecule has 0 fully saturated rings. The smallest absolute Gasteiger partial charge is 0.239 e. The van der Waals surface area contributed by atoms with Crippen LogP contribution >= 0.6 is 0 Å². The van der Waals surface area contributed by atoms with Gasteiger partial charge in [-0.2, -0.15) is 0 Å². The maximum Gasteiger partial charge on any atom is 0.239 e. The molecule has 0 saturated heterocycles. The lowest BCUT2D eigenvalue weighted by Gasteiger charge is -2.33. The molecular weight excluding hydrogens is 216 g/mol. The van der Waals surface area contributed by atoms with Crippen molar-refractivity contribution in [1.82, 2.24) is 14.9 Å². The monoisotopic (exact) mass is 236 g/mol.